The summed E-state index contributed by atoms with van der Waals surface area (Å²) in [6, 6.07) is 0. The Labute approximate surface area is 155 Å². The highest BCUT2D eigenvalue weighted by Gasteiger charge is 2.66. The molecule has 142 valence electrons. The van der Waals surface area contributed by atoms with Gasteiger partial charge >= 0.3 is 0 Å². The van der Waals surface area contributed by atoms with E-state index in [1.165, 1.54) is 18.3 Å². The smallest absolute Gasteiger partial charge is 0.291 e. The number of epoxide rings is 1. The molecule has 1 aliphatic carbocycles. The number of allylic oxidation sites excluding steroid dienone is 2. The zero-order chi connectivity index (χ0) is 19.4. The first-order valence-electron chi connectivity index (χ1n) is 9.34. The van der Waals surface area contributed by atoms with Crippen molar-refractivity contribution in [3.63, 3.8) is 0 Å². The third kappa shape index (κ3) is 2.50. The number of rotatable bonds is 4. The molecule has 0 spiro atoms. The molecule has 0 saturated carbocycles. The normalized spacial score (nSPS) is 33.5. The molecule has 0 aromatic carbocycles. The van der Waals surface area contributed by atoms with Crippen LogP contribution in [-0.4, -0.2) is 18.8 Å². The number of hydrogen-bond donors (Lipinski definition) is 0. The molecular weight excluding hydrogens is 328 g/mol. The molecule has 1 aromatic rings. The summed E-state index contributed by atoms with van der Waals surface area (Å²) in [5.41, 5.74) is 2.85. The molecule has 0 amide bonds. The molecule has 0 radical (unpaired) electrons. The maximum Gasteiger partial charge on any atom is 0.291 e. The van der Waals surface area contributed by atoms with Gasteiger partial charge < -0.3 is 13.9 Å². The van der Waals surface area contributed by atoms with E-state index in [9.17, 15) is 4.79 Å². The summed E-state index contributed by atoms with van der Waals surface area (Å²) in [5, 5.41) is 0. The Bertz CT molecular complexity index is 860. The largest absolute Gasteiger partial charge is 0.468 e. The number of methoxy groups -OCH3 is 1. The van der Waals surface area contributed by atoms with E-state index in [4.69, 9.17) is 13.9 Å². The number of ether oxygens (including phenoxy) is 2. The minimum absolute atomic E-state index is 0.0183. The molecule has 0 N–H and O–H groups in total. The van der Waals surface area contributed by atoms with Crippen LogP contribution in [0.1, 0.15) is 57.9 Å². The highest BCUT2D eigenvalue weighted by molar-refractivity contribution is 5.46. The van der Waals surface area contributed by atoms with Gasteiger partial charge in [-0.2, -0.15) is 0 Å². The predicted octanol–water partition coefficient (Wildman–Crippen LogP) is 4.61. The monoisotopic (exact) mass is 358 g/mol. The maximum atomic E-state index is 12.8. The topological polar surface area (TPSA) is 52.0 Å². The second-order valence-electron chi connectivity index (χ2n) is 8.14. The van der Waals surface area contributed by atoms with Gasteiger partial charge in [-0.25, -0.2) is 0 Å². The molecule has 1 fully saturated rings. The third-order valence-electron chi connectivity index (χ3n) is 6.13. The van der Waals surface area contributed by atoms with Gasteiger partial charge in [0.2, 0.25) is 0 Å². The van der Waals surface area contributed by atoms with E-state index in [2.05, 4.69) is 46.8 Å². The standard InChI is InChI=1S/C22H30O4/c1-9-10-12(2)17-21(6,11-13(3)18-22(17,7)26-18)19-14(4)16(23)15(5)20(24-8)25-19/h10-11,17-18H,9H2,1-8H3/b12-10+/t17-,18-,21-,22+/m1/s1. The minimum atomic E-state index is -0.480. The first-order chi connectivity index (χ1) is 12.1. The van der Waals surface area contributed by atoms with Gasteiger partial charge in [-0.05, 0) is 53.5 Å². The molecule has 26 heavy (non-hydrogen) atoms. The molecule has 4 heteroatoms. The first-order valence-corrected chi connectivity index (χ1v) is 9.34. The van der Waals surface area contributed by atoms with Gasteiger partial charge in [0.25, 0.3) is 5.95 Å². The Hall–Kier alpha value is -1.81. The lowest BCUT2D eigenvalue weighted by Gasteiger charge is -2.41. The Balaban J connectivity index is 2.30. The molecule has 1 saturated heterocycles. The van der Waals surface area contributed by atoms with Gasteiger partial charge in [0.05, 0.1) is 18.1 Å². The lowest BCUT2D eigenvalue weighted by atomic mass is 9.60. The van der Waals surface area contributed by atoms with Gasteiger partial charge in [0, 0.05) is 11.5 Å². The molecule has 1 aliphatic heterocycles. The van der Waals surface area contributed by atoms with E-state index in [0.717, 1.165) is 6.42 Å². The van der Waals surface area contributed by atoms with Crippen LogP contribution >= 0.6 is 0 Å². The molecule has 2 heterocycles. The van der Waals surface area contributed by atoms with Crippen LogP contribution in [-0.2, 0) is 10.2 Å². The molecular formula is C22H30O4. The van der Waals surface area contributed by atoms with Crippen LogP contribution in [0.15, 0.2) is 32.5 Å². The lowest BCUT2D eigenvalue weighted by Crippen LogP contribution is -2.45. The van der Waals surface area contributed by atoms with E-state index in [1.807, 2.05) is 6.92 Å². The van der Waals surface area contributed by atoms with Crippen molar-refractivity contribution in [3.05, 3.63) is 50.4 Å². The third-order valence-corrected chi connectivity index (χ3v) is 6.13. The van der Waals surface area contributed by atoms with Crippen LogP contribution in [0.25, 0.3) is 0 Å². The Kier molecular flexibility index (Phi) is 4.47. The maximum absolute atomic E-state index is 12.8. The Morgan fingerprint density at radius 2 is 1.92 bits per heavy atom. The van der Waals surface area contributed by atoms with Crippen LogP contribution < -0.4 is 10.2 Å². The van der Waals surface area contributed by atoms with Crippen LogP contribution in [0, 0.1) is 19.8 Å². The second-order valence-corrected chi connectivity index (χ2v) is 8.14. The quantitative estimate of drug-likeness (QED) is 0.582. The number of fused-ring (bicyclic) bond motifs is 1. The highest BCUT2D eigenvalue weighted by atomic mass is 16.6. The average molecular weight is 358 g/mol. The van der Waals surface area contributed by atoms with E-state index in [1.54, 1.807) is 6.92 Å². The zero-order valence-electron chi connectivity index (χ0n) is 17.1. The molecule has 0 unspecified atom stereocenters. The van der Waals surface area contributed by atoms with E-state index >= 15 is 0 Å². The van der Waals surface area contributed by atoms with Crippen molar-refractivity contribution in [2.45, 2.75) is 72.0 Å². The van der Waals surface area contributed by atoms with Crippen LogP contribution in [0.3, 0.4) is 0 Å². The van der Waals surface area contributed by atoms with Crippen molar-refractivity contribution in [1.29, 1.82) is 0 Å². The second kappa shape index (κ2) is 6.12. The zero-order valence-corrected chi connectivity index (χ0v) is 17.1. The van der Waals surface area contributed by atoms with E-state index in [-0.39, 0.29) is 23.1 Å². The van der Waals surface area contributed by atoms with Crippen molar-refractivity contribution in [3.8, 4) is 5.95 Å². The van der Waals surface area contributed by atoms with E-state index in [0.29, 0.717) is 22.8 Å². The van der Waals surface area contributed by atoms with Gasteiger partial charge in [-0.1, -0.05) is 24.6 Å². The summed E-state index contributed by atoms with van der Waals surface area (Å²) in [5.74, 6) is 1.06. The SMILES string of the molecule is CC/C=C(\C)[C@H]1[C@]2(C)O[C@@H]2C(C)=C[C@@]1(C)c1oc(OC)c(C)c(=O)c1C. The Morgan fingerprint density at radius 1 is 1.27 bits per heavy atom. The summed E-state index contributed by atoms with van der Waals surface area (Å²) in [6.07, 6.45) is 5.58. The van der Waals surface area contributed by atoms with E-state index < -0.39 is 5.41 Å². The summed E-state index contributed by atoms with van der Waals surface area (Å²) < 4.78 is 17.7. The van der Waals surface area contributed by atoms with Crippen molar-refractivity contribution in [2.75, 3.05) is 7.11 Å². The van der Waals surface area contributed by atoms with Crippen LogP contribution in [0.4, 0.5) is 0 Å². The highest BCUT2D eigenvalue weighted by Crippen LogP contribution is 2.60. The van der Waals surface area contributed by atoms with Gasteiger partial charge in [-0.15, -0.1) is 0 Å². The fourth-order valence-electron chi connectivity index (χ4n) is 5.20. The van der Waals surface area contributed by atoms with Crippen molar-refractivity contribution < 1.29 is 13.9 Å². The molecule has 4 atom stereocenters. The predicted molar refractivity (Wildman–Crippen MR) is 103 cm³/mol. The first kappa shape index (κ1) is 19.0. The summed E-state index contributed by atoms with van der Waals surface area (Å²) in [4.78, 5) is 12.8. The molecule has 2 aliphatic rings. The fourth-order valence-corrected chi connectivity index (χ4v) is 5.20. The number of hydrogen-bond acceptors (Lipinski definition) is 4. The van der Waals surface area contributed by atoms with Gasteiger partial charge in [0.1, 0.15) is 17.5 Å². The fraction of sp³-hybridized carbons (Fsp3) is 0.591. The van der Waals surface area contributed by atoms with Gasteiger partial charge in [0.15, 0.2) is 5.43 Å². The van der Waals surface area contributed by atoms with Crippen molar-refractivity contribution in [2.24, 2.45) is 5.92 Å². The minimum Gasteiger partial charge on any atom is -0.468 e. The van der Waals surface area contributed by atoms with Gasteiger partial charge in [-0.3, -0.25) is 4.79 Å². The van der Waals surface area contributed by atoms with Crippen molar-refractivity contribution >= 4 is 0 Å². The molecule has 4 nitrogen and oxygen atoms in total. The van der Waals surface area contributed by atoms with Crippen molar-refractivity contribution in [1.82, 2.24) is 0 Å². The Morgan fingerprint density at radius 3 is 2.50 bits per heavy atom. The summed E-state index contributed by atoms with van der Waals surface area (Å²) in [7, 11) is 1.54. The summed E-state index contributed by atoms with van der Waals surface area (Å²) in [6.45, 7) is 14.3. The summed E-state index contributed by atoms with van der Waals surface area (Å²) >= 11 is 0. The average Bonchev–Trinajstić information content (AvgIpc) is 3.25. The van der Waals surface area contributed by atoms with Crippen LogP contribution in [0.5, 0.6) is 5.95 Å². The van der Waals surface area contributed by atoms with Crippen LogP contribution in [0.2, 0.25) is 0 Å². The lowest BCUT2D eigenvalue weighted by molar-refractivity contribution is 0.178. The molecule has 1 aromatic heterocycles. The molecule has 3 rings (SSSR count). The molecule has 0 bridgehead atoms.